The Labute approximate surface area is 333 Å². The van der Waals surface area contributed by atoms with Crippen LogP contribution in [0.1, 0.15) is 48.6 Å². The molecule has 0 radical (unpaired) electrons. The number of hydrogen-bond acceptors (Lipinski definition) is 3. The minimum atomic E-state index is -0.740. The van der Waals surface area contributed by atoms with E-state index in [0.29, 0.717) is 0 Å². The Kier molecular flexibility index (Phi) is 7.50. The van der Waals surface area contributed by atoms with Crippen LogP contribution in [0.25, 0.3) is 71.6 Å². The molecule has 11 rings (SSSR count). The normalized spacial score (nSPS) is 13.4. The first-order valence-electron chi connectivity index (χ1n) is 18.5. The Bertz CT molecular complexity index is 3120. The molecule has 55 heavy (non-hydrogen) atoms. The van der Waals surface area contributed by atoms with Gasteiger partial charge in [-0.3, -0.25) is 9.97 Å². The van der Waals surface area contributed by atoms with Crippen LogP contribution >= 0.6 is 0 Å². The van der Waals surface area contributed by atoms with Gasteiger partial charge in [0.1, 0.15) is 0 Å². The van der Waals surface area contributed by atoms with E-state index in [-0.39, 0.29) is 26.5 Å². The summed E-state index contributed by atoms with van der Waals surface area (Å²) in [7, 11) is 0. The molecule has 0 amide bonds. The zero-order valence-corrected chi connectivity index (χ0v) is 32.8. The van der Waals surface area contributed by atoms with Gasteiger partial charge in [-0.1, -0.05) is 123 Å². The maximum atomic E-state index is 5.26. The second-order valence-corrected chi connectivity index (χ2v) is 15.5. The van der Waals surface area contributed by atoms with Crippen molar-refractivity contribution in [2.75, 3.05) is 0 Å². The molecule has 0 unspecified atom stereocenters. The summed E-state index contributed by atoms with van der Waals surface area (Å²) >= 11 is 0. The zero-order valence-electron chi connectivity index (χ0n) is 30.5. The number of rotatable bonds is 3. The van der Waals surface area contributed by atoms with Crippen molar-refractivity contribution in [2.45, 2.75) is 31.6 Å². The van der Waals surface area contributed by atoms with E-state index in [1.807, 2.05) is 24.5 Å². The van der Waals surface area contributed by atoms with E-state index in [1.54, 1.807) is 0 Å². The second-order valence-electron chi connectivity index (χ2n) is 15.5. The van der Waals surface area contributed by atoms with Crippen LogP contribution < -0.4 is 0 Å². The number of hydrogen-bond donors (Lipinski definition) is 0. The molecule has 0 fully saturated rings. The summed E-state index contributed by atoms with van der Waals surface area (Å²) in [5, 5.41) is 4.25. The third-order valence-corrected chi connectivity index (χ3v) is 11.4. The van der Waals surface area contributed by atoms with Crippen LogP contribution in [0.5, 0.6) is 0 Å². The van der Waals surface area contributed by atoms with Crippen molar-refractivity contribution in [3.63, 3.8) is 0 Å². The SMILES string of the molecule is CC(C)(C)c1cc(-c2cc3ccccc3cn2)[c-]c(C2(c3[c-]c4c(cc3)c3ncccc3n3c5ccccc5nc43)c3ccccc3-c3ccccc32)c1.[Pt+2]. The largest absolute Gasteiger partial charge is 2.00 e. The Hall–Kier alpha value is -5.96. The summed E-state index contributed by atoms with van der Waals surface area (Å²) in [6.45, 7) is 6.85. The summed E-state index contributed by atoms with van der Waals surface area (Å²) in [6, 6.07) is 58.1. The van der Waals surface area contributed by atoms with Crippen molar-refractivity contribution in [3.8, 4) is 22.4 Å². The molecule has 264 valence electrons. The number of benzene rings is 6. The summed E-state index contributed by atoms with van der Waals surface area (Å²) in [4.78, 5) is 15.2. The van der Waals surface area contributed by atoms with Gasteiger partial charge in [0.15, 0.2) is 0 Å². The molecule has 0 spiro atoms. The van der Waals surface area contributed by atoms with Crippen LogP contribution in [0.2, 0.25) is 0 Å². The van der Waals surface area contributed by atoms with Gasteiger partial charge in [-0.25, -0.2) is 0 Å². The molecule has 0 aliphatic heterocycles. The molecule has 5 heteroatoms. The molecule has 1 aliphatic rings. The van der Waals surface area contributed by atoms with Crippen LogP contribution in [0.4, 0.5) is 0 Å². The number of nitrogens with zero attached hydrogens (tertiary/aromatic N) is 4. The number of fused-ring (bicyclic) bond motifs is 12. The Morgan fingerprint density at radius 1 is 0.618 bits per heavy atom. The molecule has 4 aromatic heterocycles. The van der Waals surface area contributed by atoms with E-state index >= 15 is 0 Å². The van der Waals surface area contributed by atoms with E-state index in [9.17, 15) is 0 Å². The van der Waals surface area contributed by atoms with E-state index in [4.69, 9.17) is 15.0 Å². The van der Waals surface area contributed by atoms with Crippen LogP contribution in [0, 0.1) is 12.1 Å². The molecular weight excluding hydrogens is 852 g/mol. The Morgan fingerprint density at radius 3 is 2.09 bits per heavy atom. The van der Waals surface area contributed by atoms with Crippen LogP contribution in [0.15, 0.2) is 152 Å². The average molecular weight is 886 g/mol. The molecule has 0 atom stereocenters. The average Bonchev–Trinajstić information content (AvgIpc) is 3.75. The predicted molar refractivity (Wildman–Crippen MR) is 220 cm³/mol. The molecule has 1 aliphatic carbocycles. The number of pyridine rings is 3. The van der Waals surface area contributed by atoms with Gasteiger partial charge in [0.25, 0.3) is 0 Å². The first-order chi connectivity index (χ1) is 26.4. The molecule has 0 N–H and O–H groups in total. The molecule has 6 aromatic carbocycles. The van der Waals surface area contributed by atoms with Gasteiger partial charge in [0.05, 0.1) is 27.7 Å². The number of para-hydroxylation sites is 2. The molecule has 0 saturated heterocycles. The van der Waals surface area contributed by atoms with Crippen LogP contribution in [-0.4, -0.2) is 19.4 Å². The fourth-order valence-corrected chi connectivity index (χ4v) is 8.84. The minimum absolute atomic E-state index is 0. The maximum absolute atomic E-state index is 5.26. The van der Waals surface area contributed by atoms with Gasteiger partial charge >= 0.3 is 21.1 Å². The molecule has 0 saturated carbocycles. The van der Waals surface area contributed by atoms with E-state index in [2.05, 4.69) is 165 Å². The first kappa shape index (κ1) is 33.6. The molecule has 10 aromatic rings. The molecule has 0 bridgehead atoms. The summed E-state index contributed by atoms with van der Waals surface area (Å²) in [5.41, 5.74) is 14.0. The van der Waals surface area contributed by atoms with Gasteiger partial charge in [-0.2, -0.15) is 0 Å². The number of aromatic nitrogens is 4. The van der Waals surface area contributed by atoms with Crippen LogP contribution in [0.3, 0.4) is 0 Å². The maximum Gasteiger partial charge on any atom is 2.00 e. The van der Waals surface area contributed by atoms with Crippen molar-refractivity contribution < 1.29 is 21.1 Å². The summed E-state index contributed by atoms with van der Waals surface area (Å²) < 4.78 is 2.25. The predicted octanol–water partition coefficient (Wildman–Crippen LogP) is 11.7. The van der Waals surface area contributed by atoms with Gasteiger partial charge in [-0.15, -0.1) is 58.7 Å². The third-order valence-electron chi connectivity index (χ3n) is 11.4. The third kappa shape index (κ3) is 4.84. The van der Waals surface area contributed by atoms with Crippen molar-refractivity contribution >= 4 is 49.3 Å². The van der Waals surface area contributed by atoms with E-state index in [0.717, 1.165) is 71.6 Å². The number of imidazole rings is 1. The Balaban J connectivity index is 0.00000372. The second kappa shape index (κ2) is 12.3. The van der Waals surface area contributed by atoms with Gasteiger partial charge in [-0.05, 0) is 68.4 Å². The van der Waals surface area contributed by atoms with Crippen molar-refractivity contribution in [3.05, 3.63) is 192 Å². The first-order valence-corrected chi connectivity index (χ1v) is 18.5. The summed E-state index contributed by atoms with van der Waals surface area (Å²) in [6.07, 6.45) is 3.86. The van der Waals surface area contributed by atoms with Crippen molar-refractivity contribution in [1.29, 1.82) is 0 Å². The Morgan fingerprint density at radius 2 is 1.31 bits per heavy atom. The van der Waals surface area contributed by atoms with Crippen LogP contribution in [-0.2, 0) is 31.9 Å². The fourth-order valence-electron chi connectivity index (χ4n) is 8.84. The fraction of sp³-hybridized carbons (Fsp3) is 0.100. The summed E-state index contributed by atoms with van der Waals surface area (Å²) in [5.74, 6) is 0. The zero-order chi connectivity index (χ0) is 36.2. The molecule has 4 heterocycles. The van der Waals surface area contributed by atoms with E-state index in [1.165, 1.54) is 27.8 Å². The quantitative estimate of drug-likeness (QED) is 0.131. The van der Waals surface area contributed by atoms with Gasteiger partial charge < -0.3 is 9.38 Å². The smallest absolute Gasteiger partial charge is 0.332 e. The van der Waals surface area contributed by atoms with Crippen molar-refractivity contribution in [1.82, 2.24) is 19.4 Å². The topological polar surface area (TPSA) is 43.1 Å². The molecule has 4 nitrogen and oxygen atoms in total. The van der Waals surface area contributed by atoms with Gasteiger partial charge in [0.2, 0.25) is 0 Å². The van der Waals surface area contributed by atoms with E-state index < -0.39 is 5.41 Å². The standard InChI is InChI=1S/C50H34N4.Pt/c1-49(2,3)35-25-33(44-27-31-13-4-5-14-32(31)30-52-44)26-36(28-35)50(41-17-8-6-15-37(41)38-16-7-9-18-42(38)50)34-22-23-39-40(29-34)48-53-43-19-10-11-20-45(43)54(48)46-21-12-24-51-47(39)46;/h4-25,27-28,30H,1-3H3;/q-2;+2. The minimum Gasteiger partial charge on any atom is -0.332 e. The van der Waals surface area contributed by atoms with Crippen molar-refractivity contribution in [2.24, 2.45) is 0 Å². The van der Waals surface area contributed by atoms with Gasteiger partial charge in [0, 0.05) is 17.8 Å². The monoisotopic (exact) mass is 885 g/mol. The molecular formula is C50H34N4Pt.